The molecule has 112 valence electrons. The molecule has 0 fully saturated rings. The average molecular weight is 277 g/mol. The van der Waals surface area contributed by atoms with Gasteiger partial charge in [0, 0.05) is 25.3 Å². The maximum absolute atomic E-state index is 12.2. The third kappa shape index (κ3) is 5.21. The lowest BCUT2D eigenvalue weighted by molar-refractivity contribution is -0.132. The smallest absolute Gasteiger partial charge is 0.236 e. The molecule has 0 radical (unpaired) electrons. The van der Waals surface area contributed by atoms with Crippen LogP contribution < -0.4 is 5.73 Å². The van der Waals surface area contributed by atoms with Gasteiger partial charge in [-0.2, -0.15) is 0 Å². The van der Waals surface area contributed by atoms with Crippen molar-refractivity contribution >= 4 is 11.6 Å². The normalized spacial score (nSPS) is 11.1. The summed E-state index contributed by atoms with van der Waals surface area (Å²) in [6, 6.07) is 8.09. The summed E-state index contributed by atoms with van der Waals surface area (Å²) in [5.74, 6) is 0.170. The molecule has 0 heterocycles. The van der Waals surface area contributed by atoms with Crippen LogP contribution in [0.1, 0.15) is 32.8 Å². The highest BCUT2D eigenvalue weighted by atomic mass is 16.2. The molecular formula is C16H27N3O. The van der Waals surface area contributed by atoms with E-state index < -0.39 is 0 Å². The third-order valence-corrected chi connectivity index (χ3v) is 3.45. The summed E-state index contributed by atoms with van der Waals surface area (Å²) >= 11 is 0. The van der Waals surface area contributed by atoms with Crippen molar-refractivity contribution in [1.82, 2.24) is 9.80 Å². The van der Waals surface area contributed by atoms with E-state index in [1.807, 2.05) is 45.2 Å². The van der Waals surface area contributed by atoms with Crippen LogP contribution in [0.5, 0.6) is 0 Å². The van der Waals surface area contributed by atoms with E-state index in [0.717, 1.165) is 25.2 Å². The second-order valence-electron chi connectivity index (χ2n) is 5.55. The summed E-state index contributed by atoms with van der Waals surface area (Å²) in [5, 5.41) is 0. The van der Waals surface area contributed by atoms with Crippen LogP contribution in [0.3, 0.4) is 0 Å². The Labute approximate surface area is 122 Å². The van der Waals surface area contributed by atoms with Gasteiger partial charge in [0.1, 0.15) is 0 Å². The average Bonchev–Trinajstić information content (AvgIpc) is 2.40. The van der Waals surface area contributed by atoms with Crippen molar-refractivity contribution < 1.29 is 4.79 Å². The van der Waals surface area contributed by atoms with E-state index in [1.54, 1.807) is 4.90 Å². The second kappa shape index (κ2) is 7.90. The molecule has 0 aliphatic heterocycles. The number of nitrogen functional groups attached to an aromatic ring is 1. The van der Waals surface area contributed by atoms with E-state index in [2.05, 4.69) is 11.8 Å². The van der Waals surface area contributed by atoms with Gasteiger partial charge < -0.3 is 10.6 Å². The fourth-order valence-corrected chi connectivity index (χ4v) is 2.00. The predicted molar refractivity (Wildman–Crippen MR) is 84.3 cm³/mol. The number of carbonyl (C=O) groups is 1. The molecule has 1 rings (SSSR count). The van der Waals surface area contributed by atoms with Crippen LogP contribution in [0.4, 0.5) is 5.69 Å². The topological polar surface area (TPSA) is 49.6 Å². The van der Waals surface area contributed by atoms with E-state index in [-0.39, 0.29) is 11.9 Å². The van der Waals surface area contributed by atoms with Crippen molar-refractivity contribution in [3.8, 4) is 0 Å². The summed E-state index contributed by atoms with van der Waals surface area (Å²) in [5.41, 5.74) is 7.65. The van der Waals surface area contributed by atoms with Gasteiger partial charge in [-0.15, -0.1) is 0 Å². The zero-order valence-electron chi connectivity index (χ0n) is 13.1. The summed E-state index contributed by atoms with van der Waals surface area (Å²) in [7, 11) is 1.86. The maximum atomic E-state index is 12.2. The highest BCUT2D eigenvalue weighted by molar-refractivity contribution is 5.78. The number of benzene rings is 1. The van der Waals surface area contributed by atoms with Crippen molar-refractivity contribution in [3.63, 3.8) is 0 Å². The molecule has 4 heteroatoms. The molecule has 1 aromatic carbocycles. The number of carbonyl (C=O) groups excluding carboxylic acids is 1. The van der Waals surface area contributed by atoms with Gasteiger partial charge in [0.25, 0.3) is 0 Å². The minimum Gasteiger partial charge on any atom is -0.399 e. The molecule has 0 aromatic heterocycles. The summed E-state index contributed by atoms with van der Waals surface area (Å²) in [6.45, 7) is 8.36. The highest BCUT2D eigenvalue weighted by Gasteiger charge is 2.16. The molecular weight excluding hydrogens is 250 g/mol. The highest BCUT2D eigenvalue weighted by Crippen LogP contribution is 2.09. The Hall–Kier alpha value is -1.55. The van der Waals surface area contributed by atoms with Crippen molar-refractivity contribution in [2.75, 3.05) is 25.9 Å². The van der Waals surface area contributed by atoms with E-state index in [0.29, 0.717) is 6.54 Å². The predicted octanol–water partition coefficient (Wildman–Crippen LogP) is 2.35. The quantitative estimate of drug-likeness (QED) is 0.778. The van der Waals surface area contributed by atoms with Crippen LogP contribution in [0.2, 0.25) is 0 Å². The fourth-order valence-electron chi connectivity index (χ4n) is 2.00. The van der Waals surface area contributed by atoms with Gasteiger partial charge in [0.2, 0.25) is 5.91 Å². The lowest BCUT2D eigenvalue weighted by Gasteiger charge is -2.27. The van der Waals surface area contributed by atoms with Crippen molar-refractivity contribution in [2.45, 2.75) is 39.8 Å². The Morgan fingerprint density at radius 1 is 1.25 bits per heavy atom. The number of hydrogen-bond acceptors (Lipinski definition) is 3. The van der Waals surface area contributed by atoms with E-state index in [1.165, 1.54) is 5.56 Å². The number of nitrogens with two attached hydrogens (primary N) is 1. The Morgan fingerprint density at radius 2 is 1.85 bits per heavy atom. The van der Waals surface area contributed by atoms with E-state index in [9.17, 15) is 4.79 Å². The molecule has 4 nitrogen and oxygen atoms in total. The van der Waals surface area contributed by atoms with Crippen LogP contribution in [0.25, 0.3) is 0 Å². The number of nitrogens with zero attached hydrogens (tertiary/aromatic N) is 2. The fraction of sp³-hybridized carbons (Fsp3) is 0.562. The van der Waals surface area contributed by atoms with Gasteiger partial charge in [-0.05, 0) is 44.5 Å². The minimum absolute atomic E-state index is 0.170. The van der Waals surface area contributed by atoms with Gasteiger partial charge in [0.15, 0.2) is 0 Å². The molecule has 0 unspecified atom stereocenters. The lowest BCUT2D eigenvalue weighted by atomic mass is 10.2. The molecule has 20 heavy (non-hydrogen) atoms. The van der Waals surface area contributed by atoms with Crippen LogP contribution in [0, 0.1) is 0 Å². The monoisotopic (exact) mass is 277 g/mol. The SMILES string of the molecule is CCCN(CC(=O)N(C)C(C)C)Cc1ccc(N)cc1. The van der Waals surface area contributed by atoms with Crippen LogP contribution in [-0.2, 0) is 11.3 Å². The largest absolute Gasteiger partial charge is 0.399 e. The van der Waals surface area contributed by atoms with Gasteiger partial charge in [0.05, 0.1) is 6.54 Å². The van der Waals surface area contributed by atoms with Gasteiger partial charge in [-0.3, -0.25) is 9.69 Å². The van der Waals surface area contributed by atoms with Crippen LogP contribution in [0.15, 0.2) is 24.3 Å². The first-order valence-corrected chi connectivity index (χ1v) is 7.26. The Bertz CT molecular complexity index is 414. The Morgan fingerprint density at radius 3 is 2.35 bits per heavy atom. The maximum Gasteiger partial charge on any atom is 0.236 e. The lowest BCUT2D eigenvalue weighted by Crippen LogP contribution is -2.41. The molecule has 0 saturated heterocycles. The van der Waals surface area contributed by atoms with Crippen LogP contribution >= 0.6 is 0 Å². The van der Waals surface area contributed by atoms with Crippen LogP contribution in [-0.4, -0.2) is 41.9 Å². The minimum atomic E-state index is 0.170. The summed E-state index contributed by atoms with van der Waals surface area (Å²) in [6.07, 6.45) is 1.04. The zero-order valence-corrected chi connectivity index (χ0v) is 13.1. The molecule has 1 aromatic rings. The van der Waals surface area contributed by atoms with E-state index >= 15 is 0 Å². The molecule has 0 spiro atoms. The molecule has 1 amide bonds. The first-order valence-electron chi connectivity index (χ1n) is 7.26. The standard InChI is InChI=1S/C16H27N3O/c1-5-10-19(12-16(20)18(4)13(2)3)11-14-6-8-15(17)9-7-14/h6-9,13H,5,10-12,17H2,1-4H3. The number of hydrogen-bond donors (Lipinski definition) is 1. The summed E-state index contributed by atoms with van der Waals surface area (Å²) in [4.78, 5) is 16.2. The van der Waals surface area contributed by atoms with Crippen molar-refractivity contribution in [2.24, 2.45) is 0 Å². The second-order valence-corrected chi connectivity index (χ2v) is 5.55. The Balaban J connectivity index is 2.64. The molecule has 2 N–H and O–H groups in total. The third-order valence-electron chi connectivity index (χ3n) is 3.45. The molecule has 0 aliphatic carbocycles. The van der Waals surface area contributed by atoms with Gasteiger partial charge in [-0.25, -0.2) is 0 Å². The number of amides is 1. The Kier molecular flexibility index (Phi) is 6.52. The zero-order chi connectivity index (χ0) is 15.1. The van der Waals surface area contributed by atoms with Crippen molar-refractivity contribution in [3.05, 3.63) is 29.8 Å². The van der Waals surface area contributed by atoms with Gasteiger partial charge in [-0.1, -0.05) is 19.1 Å². The number of rotatable bonds is 7. The summed E-state index contributed by atoms with van der Waals surface area (Å²) < 4.78 is 0. The number of likely N-dealkylation sites (N-methyl/N-ethyl adjacent to an activating group) is 1. The molecule has 0 atom stereocenters. The first kappa shape index (κ1) is 16.5. The molecule has 0 aliphatic rings. The molecule has 0 saturated carbocycles. The van der Waals surface area contributed by atoms with Crippen molar-refractivity contribution in [1.29, 1.82) is 0 Å². The number of anilines is 1. The molecule has 0 bridgehead atoms. The van der Waals surface area contributed by atoms with E-state index in [4.69, 9.17) is 5.73 Å². The first-order chi connectivity index (χ1) is 9.43. The van der Waals surface area contributed by atoms with Gasteiger partial charge >= 0.3 is 0 Å².